The third-order valence-corrected chi connectivity index (χ3v) is 15.8. The number of nitrogens with zero attached hydrogens (tertiary/aromatic N) is 8. The number of anilines is 1. The predicted octanol–water partition coefficient (Wildman–Crippen LogP) is 6.59. The van der Waals surface area contributed by atoms with Gasteiger partial charge in [0.2, 0.25) is 0 Å². The summed E-state index contributed by atoms with van der Waals surface area (Å²) in [5, 5.41) is 8.16. The normalized spacial score (nSPS) is 15.4. The largest absolute Gasteiger partial charge is 0.493 e. The van der Waals surface area contributed by atoms with E-state index in [4.69, 9.17) is 34.5 Å². The first-order valence-electron chi connectivity index (χ1n) is 26.1. The highest BCUT2D eigenvalue weighted by Gasteiger charge is 2.32. The first-order valence-corrected chi connectivity index (χ1v) is 27.5. The first kappa shape index (κ1) is 54.7. The summed E-state index contributed by atoms with van der Waals surface area (Å²) in [6.07, 6.45) is 1.27. The highest BCUT2D eigenvalue weighted by molar-refractivity contribution is 7.86. The van der Waals surface area contributed by atoms with Crippen LogP contribution >= 0.6 is 0 Å². The minimum Gasteiger partial charge on any atom is -0.493 e. The number of fused-ring (bicyclic) bond motifs is 2. The fraction of sp³-hybridized carbons (Fsp3) is 0.500. The van der Waals surface area contributed by atoms with Crippen LogP contribution in [0.25, 0.3) is 32.8 Å². The van der Waals surface area contributed by atoms with E-state index in [0.717, 1.165) is 100 Å². The number of ether oxygens (including phenoxy) is 5. The number of aromatic nitrogens is 3. The molecule has 0 aliphatic carbocycles. The van der Waals surface area contributed by atoms with Gasteiger partial charge >= 0.3 is 5.97 Å². The molecule has 6 aromatic rings. The zero-order valence-corrected chi connectivity index (χ0v) is 45.4. The van der Waals surface area contributed by atoms with E-state index >= 15 is 0 Å². The minimum atomic E-state index is -3.46. The van der Waals surface area contributed by atoms with E-state index in [9.17, 15) is 13.2 Å². The zero-order valence-electron chi connectivity index (χ0n) is 44.6. The molecule has 2 aliphatic heterocycles. The number of piperazine rings is 2. The molecule has 2 aliphatic rings. The fourth-order valence-electron chi connectivity index (χ4n) is 10.1. The maximum absolute atomic E-state index is 14.8. The highest BCUT2D eigenvalue weighted by atomic mass is 32.2. The van der Waals surface area contributed by atoms with Crippen LogP contribution in [0.3, 0.4) is 0 Å². The number of para-hydroxylation sites is 1. The molecule has 2 fully saturated rings. The molecule has 0 amide bonds. The summed E-state index contributed by atoms with van der Waals surface area (Å²) in [5.74, 6) is 1.19. The lowest BCUT2D eigenvalue weighted by molar-refractivity contribution is 0.00556. The second-order valence-electron chi connectivity index (χ2n) is 20.3. The second-order valence-corrected chi connectivity index (χ2v) is 22.4. The van der Waals surface area contributed by atoms with Crippen LogP contribution in [0.2, 0.25) is 0 Å². The van der Waals surface area contributed by atoms with E-state index < -0.39 is 15.8 Å². The third-order valence-electron chi connectivity index (χ3n) is 13.9. The molecular weight excluding hydrogens is 959 g/mol. The summed E-state index contributed by atoms with van der Waals surface area (Å²) in [6, 6.07) is 28.7. The lowest BCUT2D eigenvalue weighted by Gasteiger charge is -2.36. The molecule has 0 bridgehead atoms. The van der Waals surface area contributed by atoms with Crippen molar-refractivity contribution in [1.29, 1.82) is 0 Å². The maximum Gasteiger partial charge on any atom is 0.355 e. The summed E-state index contributed by atoms with van der Waals surface area (Å²) in [5.41, 5.74) is 12.0. The molecule has 4 heterocycles. The summed E-state index contributed by atoms with van der Waals surface area (Å²) in [7, 11) is 1.62. The van der Waals surface area contributed by atoms with E-state index in [1.54, 1.807) is 14.1 Å². The Balaban J connectivity index is 1.07. The number of nitrogens with two attached hydrogens (primary N) is 1. The number of carbonyl (C=O) groups excluding carboxylic acids is 1. The third kappa shape index (κ3) is 13.3. The molecule has 0 spiro atoms. The summed E-state index contributed by atoms with van der Waals surface area (Å²) in [4.78, 5) is 22.0. The SMILES string of the molecule is Cc1nn(C)c(COc2ccc(N3CCN(S(=O)(=O)N(C)C)CC3)cc2)c1-c1cccc2c(CCCOc3cccc4ccccc34)c(C(=O)OC(C)(C)C)n(CCN3CCN(CCOCCOCCN)CC3)c12. The molecule has 0 radical (unpaired) electrons. The van der Waals surface area contributed by atoms with Crippen molar-refractivity contribution in [2.75, 3.05) is 124 Å². The van der Waals surface area contributed by atoms with Crippen LogP contribution < -0.4 is 20.1 Å². The van der Waals surface area contributed by atoms with Crippen LogP contribution in [0.5, 0.6) is 11.5 Å². The van der Waals surface area contributed by atoms with Crippen LogP contribution in [0.1, 0.15) is 54.6 Å². The Bertz CT molecular complexity index is 2910. The molecule has 2 N–H and O–H groups in total. The lowest BCUT2D eigenvalue weighted by atomic mass is 9.98. The number of hydrogen-bond donors (Lipinski definition) is 1. The molecule has 74 heavy (non-hydrogen) atoms. The van der Waals surface area contributed by atoms with Gasteiger partial charge in [0.15, 0.2) is 0 Å². The Labute approximate surface area is 437 Å². The number of rotatable bonds is 24. The van der Waals surface area contributed by atoms with Crippen molar-refractivity contribution in [3.8, 4) is 22.6 Å². The molecular formula is C56H77N9O8S. The molecule has 8 rings (SSSR count). The van der Waals surface area contributed by atoms with E-state index in [2.05, 4.69) is 55.7 Å². The predicted molar refractivity (Wildman–Crippen MR) is 293 cm³/mol. The Kier molecular flexibility index (Phi) is 18.4. The van der Waals surface area contributed by atoms with Gasteiger partial charge in [0.05, 0.1) is 49.9 Å². The smallest absolute Gasteiger partial charge is 0.355 e. The molecule has 0 atom stereocenters. The van der Waals surface area contributed by atoms with Gasteiger partial charge in [-0.05, 0) is 81.8 Å². The summed E-state index contributed by atoms with van der Waals surface area (Å²) >= 11 is 0. The molecule has 18 heteroatoms. The van der Waals surface area contributed by atoms with Crippen molar-refractivity contribution in [1.82, 2.24) is 32.8 Å². The molecule has 4 aromatic carbocycles. The lowest BCUT2D eigenvalue weighted by Crippen LogP contribution is -2.51. The van der Waals surface area contributed by atoms with Gasteiger partial charge in [0.25, 0.3) is 10.2 Å². The number of esters is 1. The fourth-order valence-corrected chi connectivity index (χ4v) is 11.2. The van der Waals surface area contributed by atoms with Gasteiger partial charge in [0, 0.05) is 127 Å². The van der Waals surface area contributed by atoms with Crippen molar-refractivity contribution < 1.29 is 36.9 Å². The van der Waals surface area contributed by atoms with Crippen LogP contribution in [0.15, 0.2) is 84.9 Å². The van der Waals surface area contributed by atoms with Crippen molar-refractivity contribution in [3.05, 3.63) is 108 Å². The van der Waals surface area contributed by atoms with Gasteiger partial charge in [-0.15, -0.1) is 0 Å². The monoisotopic (exact) mass is 1040 g/mol. The molecule has 0 unspecified atom stereocenters. The molecule has 2 aromatic heterocycles. The van der Waals surface area contributed by atoms with E-state index in [1.165, 1.54) is 8.61 Å². The quantitative estimate of drug-likeness (QED) is 0.0512. The summed E-state index contributed by atoms with van der Waals surface area (Å²) in [6.45, 7) is 19.1. The average molecular weight is 1040 g/mol. The minimum absolute atomic E-state index is 0.249. The van der Waals surface area contributed by atoms with Crippen molar-refractivity contribution >= 4 is 43.5 Å². The molecule has 0 saturated carbocycles. The highest BCUT2D eigenvalue weighted by Crippen LogP contribution is 2.39. The Hall–Kier alpha value is -5.57. The molecule has 400 valence electrons. The second kappa shape index (κ2) is 24.8. The van der Waals surface area contributed by atoms with Gasteiger partial charge < -0.3 is 38.9 Å². The van der Waals surface area contributed by atoms with Gasteiger partial charge in [-0.25, -0.2) is 4.79 Å². The topological polar surface area (TPSA) is 162 Å². The van der Waals surface area contributed by atoms with Crippen molar-refractivity contribution in [3.63, 3.8) is 0 Å². The van der Waals surface area contributed by atoms with Crippen LogP contribution in [-0.2, 0) is 51.0 Å². The molecule has 2 saturated heterocycles. The Morgan fingerprint density at radius 1 is 0.743 bits per heavy atom. The van der Waals surface area contributed by atoms with Gasteiger partial charge in [0.1, 0.15) is 29.4 Å². The molecule has 17 nitrogen and oxygen atoms in total. The van der Waals surface area contributed by atoms with E-state index in [1.807, 2.05) is 88.0 Å². The Morgan fingerprint density at radius 3 is 2.11 bits per heavy atom. The van der Waals surface area contributed by atoms with Crippen molar-refractivity contribution in [2.45, 2.75) is 59.3 Å². The van der Waals surface area contributed by atoms with Gasteiger partial charge in [-0.3, -0.25) is 14.5 Å². The van der Waals surface area contributed by atoms with Gasteiger partial charge in [-0.2, -0.15) is 22.1 Å². The number of aryl methyl sites for hydroxylation is 3. The number of benzene rings is 4. The van der Waals surface area contributed by atoms with Gasteiger partial charge in [-0.1, -0.05) is 54.6 Å². The average Bonchev–Trinajstić information content (AvgIpc) is 3.87. The standard InChI is InChI=1S/C56H77N9O8S/c1-42-52(50(60(7)58-42)41-72-45-22-20-44(21-23-45)63-30-32-64(33-31-63)74(67,68)59(5)6)49-17-11-16-47-48(18-12-36-71-51-19-10-14-43-13-8-9-15-46(43)51)54(55(66)73-56(2,3)4)65(53(47)49)34-29-61-25-27-62(28-26-61)35-38-70-40-39-69-37-24-57/h8-11,13-17,19-23H,12,18,24-41,57H2,1-7H3. The van der Waals surface area contributed by atoms with Crippen LogP contribution in [-0.4, -0.2) is 172 Å². The maximum atomic E-state index is 14.8. The van der Waals surface area contributed by atoms with Crippen LogP contribution in [0, 0.1) is 6.92 Å². The number of hydrogen-bond acceptors (Lipinski definition) is 13. The zero-order chi connectivity index (χ0) is 52.4. The van der Waals surface area contributed by atoms with E-state index in [-0.39, 0.29) is 12.6 Å². The van der Waals surface area contributed by atoms with Crippen molar-refractivity contribution in [2.24, 2.45) is 12.8 Å². The van der Waals surface area contributed by atoms with Crippen LogP contribution in [0.4, 0.5) is 5.69 Å². The first-order chi connectivity index (χ1) is 35.6. The number of carbonyl (C=O) groups is 1. The Morgan fingerprint density at radius 2 is 1.41 bits per heavy atom. The summed E-state index contributed by atoms with van der Waals surface area (Å²) < 4.78 is 63.0. The van der Waals surface area contributed by atoms with E-state index in [0.29, 0.717) is 96.6 Å².